The molecule has 3 heterocycles. The van der Waals surface area contributed by atoms with Gasteiger partial charge in [-0.05, 0) is 52.6 Å². The number of nitrogens with zero attached hydrogens (tertiary/aromatic N) is 4. The highest BCUT2D eigenvalue weighted by molar-refractivity contribution is 6.28. The molecule has 3 aromatic heterocycles. The van der Waals surface area contributed by atoms with Crippen LogP contribution in [-0.2, 0) is 0 Å². The second kappa shape index (κ2) is 11.4. The maximum absolute atomic E-state index is 4.99. The van der Waals surface area contributed by atoms with E-state index in [4.69, 9.17) is 9.97 Å². The molecule has 0 atom stereocenters. The van der Waals surface area contributed by atoms with Gasteiger partial charge in [-0.1, -0.05) is 140 Å². The highest BCUT2D eigenvalue weighted by Gasteiger charge is 2.24. The van der Waals surface area contributed by atoms with Crippen LogP contribution in [0, 0.1) is 0 Å². The summed E-state index contributed by atoms with van der Waals surface area (Å²) in [5, 5.41) is 4.81. The van der Waals surface area contributed by atoms with Crippen LogP contribution in [0.4, 0.5) is 0 Å². The molecule has 4 heteroatoms. The lowest BCUT2D eigenvalue weighted by Crippen LogP contribution is -2.01. The topological polar surface area (TPSA) is 35.6 Å². The van der Waals surface area contributed by atoms with Crippen LogP contribution in [0.5, 0.6) is 0 Å². The monoisotopic (exact) mass is 638 g/mol. The first-order chi connectivity index (χ1) is 24.8. The zero-order valence-corrected chi connectivity index (χ0v) is 27.1. The lowest BCUT2D eigenvalue weighted by Gasteiger charge is -2.13. The lowest BCUT2D eigenvalue weighted by molar-refractivity contribution is 0.990. The molecule has 0 saturated carbocycles. The largest absolute Gasteiger partial charge is 0.309 e. The van der Waals surface area contributed by atoms with Crippen molar-refractivity contribution in [2.45, 2.75) is 0 Å². The Bertz CT molecular complexity index is 2640. The molecule has 0 amide bonds. The number of hydrogen-bond acceptors (Lipinski definition) is 2. The van der Waals surface area contributed by atoms with Gasteiger partial charge in [0.25, 0.3) is 0 Å². The summed E-state index contributed by atoms with van der Waals surface area (Å²) in [6.45, 7) is 0. The van der Waals surface area contributed by atoms with Gasteiger partial charge in [-0.3, -0.25) is 4.57 Å². The minimum Gasteiger partial charge on any atom is -0.309 e. The van der Waals surface area contributed by atoms with Crippen LogP contribution in [0.3, 0.4) is 0 Å². The Hall–Kier alpha value is -6.78. The highest BCUT2D eigenvalue weighted by Crippen LogP contribution is 2.46. The van der Waals surface area contributed by atoms with Gasteiger partial charge in [0.15, 0.2) is 0 Å². The van der Waals surface area contributed by atoms with Gasteiger partial charge >= 0.3 is 0 Å². The number of para-hydroxylation sites is 2. The normalized spacial score (nSPS) is 11.6. The van der Waals surface area contributed by atoms with Crippen molar-refractivity contribution >= 4 is 43.6 Å². The molecule has 0 fully saturated rings. The Labute approximate surface area is 289 Å². The third-order valence-electron chi connectivity index (χ3n) is 9.84. The quantitative estimate of drug-likeness (QED) is 0.188. The Morgan fingerprint density at radius 3 is 1.36 bits per heavy atom. The van der Waals surface area contributed by atoms with E-state index in [1.54, 1.807) is 0 Å². The second-order valence-corrected chi connectivity index (χ2v) is 12.7. The number of aromatic nitrogens is 4. The third kappa shape index (κ3) is 4.39. The smallest absolute Gasteiger partial charge is 0.234 e. The Kier molecular flexibility index (Phi) is 6.46. The molecule has 0 aliphatic heterocycles. The molecule has 0 spiro atoms. The van der Waals surface area contributed by atoms with Crippen LogP contribution >= 0.6 is 0 Å². The van der Waals surface area contributed by atoms with Crippen LogP contribution in [-0.4, -0.2) is 19.1 Å². The molecule has 50 heavy (non-hydrogen) atoms. The van der Waals surface area contributed by atoms with E-state index >= 15 is 0 Å². The molecule has 0 saturated heterocycles. The first-order valence-corrected chi connectivity index (χ1v) is 16.9. The second-order valence-electron chi connectivity index (χ2n) is 12.7. The van der Waals surface area contributed by atoms with Crippen molar-refractivity contribution < 1.29 is 0 Å². The summed E-state index contributed by atoms with van der Waals surface area (Å²) < 4.78 is 4.64. The number of benzene rings is 7. The molecule has 0 N–H and O–H groups in total. The van der Waals surface area contributed by atoms with Gasteiger partial charge in [-0.2, -0.15) is 0 Å². The molecule has 0 aliphatic carbocycles. The summed E-state index contributed by atoms with van der Waals surface area (Å²) in [7, 11) is 0. The van der Waals surface area contributed by atoms with Gasteiger partial charge in [0, 0.05) is 50.8 Å². The molecule has 0 unspecified atom stereocenters. The van der Waals surface area contributed by atoms with Gasteiger partial charge in [-0.25, -0.2) is 9.97 Å². The Morgan fingerprint density at radius 2 is 0.780 bits per heavy atom. The standard InChI is InChI=1S/C46H30N4/c1-4-14-31(15-5-1)33-24-26-36(27-25-33)49-39-22-12-10-20-37(39)44-41(49)28-42-45(43(44)34-18-8-3-9-19-34)38-21-11-13-23-40(38)50(42)46-47-29-35(30-48-46)32-16-6-2-7-17-32/h1-30H. The molecule has 10 aromatic rings. The summed E-state index contributed by atoms with van der Waals surface area (Å²) in [5.41, 5.74) is 12.4. The average Bonchev–Trinajstić information content (AvgIpc) is 3.71. The molecule has 0 bridgehead atoms. The third-order valence-corrected chi connectivity index (χ3v) is 9.84. The number of hydrogen-bond donors (Lipinski definition) is 0. The van der Waals surface area contributed by atoms with E-state index in [0.29, 0.717) is 5.95 Å². The van der Waals surface area contributed by atoms with Crippen LogP contribution in [0.1, 0.15) is 0 Å². The van der Waals surface area contributed by atoms with E-state index in [0.717, 1.165) is 33.4 Å². The Morgan fingerprint density at radius 1 is 0.340 bits per heavy atom. The minimum absolute atomic E-state index is 0.643. The minimum atomic E-state index is 0.643. The van der Waals surface area contributed by atoms with Crippen molar-refractivity contribution in [2.75, 3.05) is 0 Å². The van der Waals surface area contributed by atoms with E-state index in [2.05, 4.69) is 161 Å². The van der Waals surface area contributed by atoms with E-state index in [-0.39, 0.29) is 0 Å². The molecule has 10 rings (SSSR count). The number of rotatable bonds is 5. The van der Waals surface area contributed by atoms with E-state index in [1.807, 2.05) is 30.6 Å². The van der Waals surface area contributed by atoms with Crippen LogP contribution in [0.2, 0.25) is 0 Å². The van der Waals surface area contributed by atoms with Crippen LogP contribution < -0.4 is 0 Å². The van der Waals surface area contributed by atoms with Gasteiger partial charge in [0.05, 0.1) is 22.1 Å². The predicted octanol–water partition coefficient (Wildman–Crippen LogP) is 11.7. The maximum Gasteiger partial charge on any atom is 0.234 e. The summed E-state index contributed by atoms with van der Waals surface area (Å²) in [4.78, 5) is 9.97. The summed E-state index contributed by atoms with van der Waals surface area (Å²) in [5.74, 6) is 0.643. The van der Waals surface area contributed by atoms with E-state index < -0.39 is 0 Å². The van der Waals surface area contributed by atoms with Crippen molar-refractivity contribution in [3.63, 3.8) is 0 Å². The van der Waals surface area contributed by atoms with E-state index in [1.165, 1.54) is 49.3 Å². The predicted molar refractivity (Wildman–Crippen MR) is 207 cm³/mol. The van der Waals surface area contributed by atoms with Gasteiger partial charge in [0.2, 0.25) is 5.95 Å². The number of fused-ring (bicyclic) bond motifs is 6. The first-order valence-electron chi connectivity index (χ1n) is 16.9. The summed E-state index contributed by atoms with van der Waals surface area (Å²) >= 11 is 0. The fourth-order valence-corrected chi connectivity index (χ4v) is 7.61. The van der Waals surface area contributed by atoms with Crippen molar-refractivity contribution in [3.8, 4) is 45.0 Å². The zero-order valence-electron chi connectivity index (χ0n) is 27.1. The van der Waals surface area contributed by atoms with Crippen molar-refractivity contribution in [3.05, 3.63) is 182 Å². The van der Waals surface area contributed by atoms with Crippen molar-refractivity contribution in [1.29, 1.82) is 0 Å². The van der Waals surface area contributed by atoms with E-state index in [9.17, 15) is 0 Å². The molecule has 0 aliphatic rings. The fourth-order valence-electron chi connectivity index (χ4n) is 7.61. The average molecular weight is 639 g/mol. The summed E-state index contributed by atoms with van der Waals surface area (Å²) in [6.07, 6.45) is 3.86. The molecular weight excluding hydrogens is 609 g/mol. The van der Waals surface area contributed by atoms with Crippen molar-refractivity contribution in [2.24, 2.45) is 0 Å². The molecule has 234 valence electrons. The zero-order chi connectivity index (χ0) is 33.0. The maximum atomic E-state index is 4.99. The first kappa shape index (κ1) is 28.3. The Balaban J connectivity index is 1.31. The highest BCUT2D eigenvalue weighted by atomic mass is 15.2. The van der Waals surface area contributed by atoms with Gasteiger partial charge in [-0.15, -0.1) is 0 Å². The molecular formula is C46H30N4. The van der Waals surface area contributed by atoms with Crippen LogP contribution in [0.25, 0.3) is 88.6 Å². The fraction of sp³-hybridized carbons (Fsp3) is 0. The summed E-state index contributed by atoms with van der Waals surface area (Å²) in [6, 6.07) is 60.3. The SMILES string of the molecule is c1ccc(-c2ccc(-n3c4ccccc4c4c(-c5ccccc5)c5c6ccccc6n(-c6ncc(-c7ccccc7)cn6)c5cc43)cc2)cc1. The molecule has 7 aromatic carbocycles. The van der Waals surface area contributed by atoms with Crippen LogP contribution in [0.15, 0.2) is 182 Å². The van der Waals surface area contributed by atoms with Gasteiger partial charge < -0.3 is 4.57 Å². The van der Waals surface area contributed by atoms with Crippen molar-refractivity contribution in [1.82, 2.24) is 19.1 Å². The van der Waals surface area contributed by atoms with Gasteiger partial charge in [0.1, 0.15) is 0 Å². The molecule has 0 radical (unpaired) electrons. The lowest BCUT2D eigenvalue weighted by atomic mass is 9.94. The molecule has 4 nitrogen and oxygen atoms in total.